The third-order valence-corrected chi connectivity index (χ3v) is 5.28. The zero-order valence-electron chi connectivity index (χ0n) is 17.7. The van der Waals surface area contributed by atoms with Gasteiger partial charge in [0.05, 0.1) is 22.5 Å². The Balaban J connectivity index is 2.02. The largest absolute Gasteiger partial charge is 0.300 e. The second-order valence-electron chi connectivity index (χ2n) is 7.81. The van der Waals surface area contributed by atoms with Gasteiger partial charge in [0.15, 0.2) is 0 Å². The second-order valence-corrected chi connectivity index (χ2v) is 7.81. The van der Waals surface area contributed by atoms with E-state index in [0.29, 0.717) is 28.7 Å². The SMILES string of the molecule is CC(=O)Cc1ccc([N+](=O)[O-])cc1-c1nc2cc(C)ccc2n(Cc2ccccc2)c1=O. The summed E-state index contributed by atoms with van der Waals surface area (Å²) >= 11 is 0. The van der Waals surface area contributed by atoms with Crippen LogP contribution in [0.25, 0.3) is 22.3 Å². The Kier molecular flexibility index (Phi) is 5.64. The molecule has 0 unspecified atom stereocenters. The number of carbonyl (C=O) groups excluding carboxylic acids is 1. The summed E-state index contributed by atoms with van der Waals surface area (Å²) in [6.07, 6.45) is 0.0546. The van der Waals surface area contributed by atoms with Crippen LogP contribution < -0.4 is 5.56 Å². The number of benzene rings is 3. The van der Waals surface area contributed by atoms with Crippen LogP contribution in [0.5, 0.6) is 0 Å². The number of rotatable bonds is 6. The molecule has 0 aliphatic rings. The lowest BCUT2D eigenvalue weighted by Gasteiger charge is -2.15. The Labute approximate surface area is 184 Å². The van der Waals surface area contributed by atoms with Crippen molar-refractivity contribution in [3.63, 3.8) is 0 Å². The summed E-state index contributed by atoms with van der Waals surface area (Å²) in [5.41, 5.74) is 3.61. The molecule has 0 bridgehead atoms. The standard InChI is InChI=1S/C25H21N3O4/c1-16-8-11-23-22(12-16)26-24(25(30)27(23)15-18-6-4-3-5-7-18)21-14-20(28(31)32)10-9-19(21)13-17(2)29/h3-12,14H,13,15H2,1-2H3. The number of nitro groups is 1. The first-order valence-electron chi connectivity index (χ1n) is 10.2. The summed E-state index contributed by atoms with van der Waals surface area (Å²) in [7, 11) is 0. The molecule has 0 saturated heterocycles. The highest BCUT2D eigenvalue weighted by Crippen LogP contribution is 2.27. The van der Waals surface area contributed by atoms with Gasteiger partial charge in [-0.25, -0.2) is 4.98 Å². The summed E-state index contributed by atoms with van der Waals surface area (Å²) in [4.78, 5) is 41.0. The van der Waals surface area contributed by atoms with Crippen molar-refractivity contribution in [2.75, 3.05) is 0 Å². The molecule has 0 spiro atoms. The van der Waals surface area contributed by atoms with Crippen molar-refractivity contribution >= 4 is 22.5 Å². The van der Waals surface area contributed by atoms with Crippen molar-refractivity contribution in [1.29, 1.82) is 0 Å². The van der Waals surface area contributed by atoms with Crippen molar-refractivity contribution in [3.05, 3.63) is 104 Å². The van der Waals surface area contributed by atoms with Crippen molar-refractivity contribution in [1.82, 2.24) is 9.55 Å². The number of carbonyl (C=O) groups is 1. The smallest absolute Gasteiger partial charge is 0.277 e. The van der Waals surface area contributed by atoms with Gasteiger partial charge in [-0.2, -0.15) is 0 Å². The molecule has 0 aliphatic carbocycles. The maximum Gasteiger partial charge on any atom is 0.277 e. The lowest BCUT2D eigenvalue weighted by atomic mass is 9.99. The average Bonchev–Trinajstić information content (AvgIpc) is 2.76. The van der Waals surface area contributed by atoms with Crippen molar-refractivity contribution in [2.24, 2.45) is 0 Å². The number of fused-ring (bicyclic) bond motifs is 1. The maximum atomic E-state index is 13.6. The molecular weight excluding hydrogens is 406 g/mol. The number of hydrogen-bond donors (Lipinski definition) is 0. The minimum absolute atomic E-state index is 0.0546. The molecule has 1 aromatic heterocycles. The molecule has 0 aliphatic heterocycles. The van der Waals surface area contributed by atoms with Gasteiger partial charge in [0.25, 0.3) is 11.2 Å². The van der Waals surface area contributed by atoms with Crippen LogP contribution in [0, 0.1) is 17.0 Å². The molecule has 0 saturated carbocycles. The van der Waals surface area contributed by atoms with Gasteiger partial charge in [0, 0.05) is 24.1 Å². The van der Waals surface area contributed by atoms with Crippen LogP contribution >= 0.6 is 0 Å². The van der Waals surface area contributed by atoms with Crippen molar-refractivity contribution in [3.8, 4) is 11.3 Å². The first-order valence-corrected chi connectivity index (χ1v) is 10.2. The number of nitro benzene ring substituents is 1. The highest BCUT2D eigenvalue weighted by atomic mass is 16.6. The van der Waals surface area contributed by atoms with Gasteiger partial charge in [-0.05, 0) is 42.7 Å². The van der Waals surface area contributed by atoms with Crippen LogP contribution in [0.3, 0.4) is 0 Å². The highest BCUT2D eigenvalue weighted by Gasteiger charge is 2.20. The van der Waals surface area contributed by atoms with Crippen LogP contribution in [0.15, 0.2) is 71.5 Å². The Morgan fingerprint density at radius 2 is 1.81 bits per heavy atom. The van der Waals surface area contributed by atoms with E-state index in [1.165, 1.54) is 25.1 Å². The van der Waals surface area contributed by atoms with Crippen LogP contribution in [-0.2, 0) is 17.8 Å². The molecule has 0 fully saturated rings. The quantitative estimate of drug-likeness (QED) is 0.334. The number of non-ortho nitro benzene ring substituents is 1. The number of Topliss-reactive ketones (excluding diaryl/α,β-unsaturated/α-hetero) is 1. The predicted molar refractivity (Wildman–Crippen MR) is 123 cm³/mol. The van der Waals surface area contributed by atoms with Gasteiger partial charge in [-0.3, -0.25) is 19.7 Å². The third-order valence-electron chi connectivity index (χ3n) is 5.28. The predicted octanol–water partition coefficient (Wildman–Crippen LogP) is 4.46. The van der Waals surface area contributed by atoms with Crippen LogP contribution in [0.4, 0.5) is 5.69 Å². The van der Waals surface area contributed by atoms with Gasteiger partial charge in [-0.1, -0.05) is 42.5 Å². The Hall–Kier alpha value is -4.13. The number of aryl methyl sites for hydroxylation is 1. The Bertz CT molecular complexity index is 1410. The summed E-state index contributed by atoms with van der Waals surface area (Å²) in [5, 5.41) is 11.4. The fraction of sp³-hybridized carbons (Fsp3) is 0.160. The number of aromatic nitrogens is 2. The number of nitrogens with zero attached hydrogens (tertiary/aromatic N) is 3. The molecule has 0 atom stereocenters. The fourth-order valence-electron chi connectivity index (χ4n) is 3.78. The summed E-state index contributed by atoms with van der Waals surface area (Å²) in [6, 6.07) is 19.4. The molecule has 160 valence electrons. The van der Waals surface area contributed by atoms with Gasteiger partial charge in [0.1, 0.15) is 11.5 Å². The minimum Gasteiger partial charge on any atom is -0.300 e. The highest BCUT2D eigenvalue weighted by molar-refractivity contribution is 5.83. The van der Waals surface area contributed by atoms with Gasteiger partial charge < -0.3 is 4.57 Å². The molecule has 3 aromatic carbocycles. The van der Waals surface area contributed by atoms with Crippen molar-refractivity contribution < 1.29 is 9.72 Å². The minimum atomic E-state index is -0.519. The number of ketones is 1. The first-order chi connectivity index (χ1) is 15.3. The van der Waals surface area contributed by atoms with E-state index in [2.05, 4.69) is 4.98 Å². The van der Waals surface area contributed by atoms with E-state index < -0.39 is 4.92 Å². The summed E-state index contributed by atoms with van der Waals surface area (Å²) in [6.45, 7) is 3.70. The van der Waals surface area contributed by atoms with Gasteiger partial charge >= 0.3 is 0 Å². The van der Waals surface area contributed by atoms with Crippen molar-refractivity contribution in [2.45, 2.75) is 26.8 Å². The van der Waals surface area contributed by atoms with E-state index in [-0.39, 0.29) is 29.1 Å². The molecule has 7 heteroatoms. The Morgan fingerprint density at radius 1 is 1.06 bits per heavy atom. The molecule has 0 amide bonds. The lowest BCUT2D eigenvalue weighted by molar-refractivity contribution is -0.384. The lowest BCUT2D eigenvalue weighted by Crippen LogP contribution is -2.25. The molecule has 4 aromatic rings. The fourth-order valence-corrected chi connectivity index (χ4v) is 3.78. The molecule has 32 heavy (non-hydrogen) atoms. The van der Waals surface area contributed by atoms with E-state index in [4.69, 9.17) is 0 Å². The van der Waals surface area contributed by atoms with E-state index in [1.54, 1.807) is 4.57 Å². The van der Waals surface area contributed by atoms with Crippen LogP contribution in [0.1, 0.15) is 23.6 Å². The van der Waals surface area contributed by atoms with E-state index in [0.717, 1.165) is 11.1 Å². The van der Waals surface area contributed by atoms with Gasteiger partial charge in [0.2, 0.25) is 0 Å². The average molecular weight is 427 g/mol. The van der Waals surface area contributed by atoms with E-state index in [9.17, 15) is 19.7 Å². The molecular formula is C25H21N3O4. The number of hydrogen-bond acceptors (Lipinski definition) is 5. The topological polar surface area (TPSA) is 95.1 Å². The third kappa shape index (κ3) is 4.18. The normalized spacial score (nSPS) is 10.9. The van der Waals surface area contributed by atoms with Crippen LogP contribution in [-0.4, -0.2) is 20.3 Å². The summed E-state index contributed by atoms with van der Waals surface area (Å²) < 4.78 is 1.63. The molecule has 7 nitrogen and oxygen atoms in total. The van der Waals surface area contributed by atoms with E-state index in [1.807, 2.05) is 55.5 Å². The molecule has 0 N–H and O–H groups in total. The zero-order chi connectivity index (χ0) is 22.8. The molecule has 1 heterocycles. The van der Waals surface area contributed by atoms with Crippen LogP contribution in [0.2, 0.25) is 0 Å². The molecule has 4 rings (SSSR count). The first kappa shape index (κ1) is 21.1. The monoisotopic (exact) mass is 427 g/mol. The Morgan fingerprint density at radius 3 is 2.50 bits per heavy atom. The molecule has 0 radical (unpaired) electrons. The zero-order valence-corrected chi connectivity index (χ0v) is 17.7. The summed E-state index contributed by atoms with van der Waals surface area (Å²) in [5.74, 6) is -0.110. The van der Waals surface area contributed by atoms with Gasteiger partial charge in [-0.15, -0.1) is 0 Å². The maximum absolute atomic E-state index is 13.6. The second kappa shape index (κ2) is 8.55. The van der Waals surface area contributed by atoms with E-state index >= 15 is 0 Å².